The zero-order valence-corrected chi connectivity index (χ0v) is 9.29. The summed E-state index contributed by atoms with van der Waals surface area (Å²) < 4.78 is 37.1. The molecule has 0 saturated heterocycles. The predicted octanol–water partition coefficient (Wildman–Crippen LogP) is 0.718. The van der Waals surface area contributed by atoms with Gasteiger partial charge in [0.15, 0.2) is 0 Å². The highest BCUT2D eigenvalue weighted by Crippen LogP contribution is 2.29. The maximum Gasteiger partial charge on any atom is 0.417 e. The monoisotopic (exact) mass is 269 g/mol. The van der Waals surface area contributed by atoms with Crippen molar-refractivity contribution >= 4 is 12.6 Å². The summed E-state index contributed by atoms with van der Waals surface area (Å²) in [5, 5.41) is 18.7. The number of aliphatic hydroxyl groups is 2. The number of thiol groups is 1. The van der Waals surface area contributed by atoms with Crippen LogP contribution in [0.4, 0.5) is 13.2 Å². The topological polar surface area (TPSA) is 73.3 Å². The third kappa shape index (κ3) is 3.24. The number of hydrogen-bond acceptors (Lipinski definition) is 4. The molecule has 0 bridgehead atoms. The van der Waals surface area contributed by atoms with Gasteiger partial charge in [0.05, 0.1) is 11.7 Å². The molecule has 8 heteroatoms. The normalized spacial score (nSPS) is 15.6. The summed E-state index contributed by atoms with van der Waals surface area (Å²) in [5.74, 6) is -0.184. The van der Waals surface area contributed by atoms with E-state index in [1.807, 2.05) is 4.98 Å². The first-order chi connectivity index (χ1) is 7.77. The molecule has 4 nitrogen and oxygen atoms in total. The number of halogens is 3. The molecule has 0 spiro atoms. The van der Waals surface area contributed by atoms with Gasteiger partial charge in [0.25, 0.3) is 5.56 Å². The fourth-order valence-corrected chi connectivity index (χ4v) is 1.39. The minimum absolute atomic E-state index is 0.184. The van der Waals surface area contributed by atoms with Gasteiger partial charge in [-0.3, -0.25) is 4.79 Å². The molecule has 0 aliphatic carbocycles. The molecule has 1 heterocycles. The molecular formula is C9H10F3NO3S. The molecule has 1 aromatic heterocycles. The number of aliphatic hydroxyl groups excluding tert-OH is 2. The van der Waals surface area contributed by atoms with Crippen LogP contribution >= 0.6 is 12.6 Å². The summed E-state index contributed by atoms with van der Waals surface area (Å²) in [7, 11) is 0. The largest absolute Gasteiger partial charge is 0.417 e. The van der Waals surface area contributed by atoms with E-state index < -0.39 is 35.1 Å². The summed E-state index contributed by atoms with van der Waals surface area (Å²) in [6, 6.07) is 0.510. The Hall–Kier alpha value is -0.990. The van der Waals surface area contributed by atoms with Crippen LogP contribution in [0.3, 0.4) is 0 Å². The summed E-state index contributed by atoms with van der Waals surface area (Å²) in [6.45, 7) is 0. The van der Waals surface area contributed by atoms with Crippen LogP contribution in [-0.2, 0) is 6.18 Å². The van der Waals surface area contributed by atoms with E-state index in [1.54, 1.807) is 0 Å². The minimum Gasteiger partial charge on any atom is -0.389 e. The number of pyridine rings is 1. The maximum atomic E-state index is 12.4. The highest BCUT2D eigenvalue weighted by Gasteiger charge is 2.32. The average molecular weight is 269 g/mol. The molecule has 1 rings (SSSR count). The second-order valence-corrected chi connectivity index (χ2v) is 3.73. The van der Waals surface area contributed by atoms with Gasteiger partial charge in [-0.1, -0.05) is 0 Å². The number of nitrogens with one attached hydrogen (secondary N) is 1. The van der Waals surface area contributed by atoms with Crippen LogP contribution < -0.4 is 5.56 Å². The van der Waals surface area contributed by atoms with E-state index in [4.69, 9.17) is 0 Å². The smallest absolute Gasteiger partial charge is 0.389 e. The molecule has 0 fully saturated rings. The van der Waals surface area contributed by atoms with Gasteiger partial charge < -0.3 is 15.2 Å². The molecule has 96 valence electrons. The quantitative estimate of drug-likeness (QED) is 0.611. The van der Waals surface area contributed by atoms with Gasteiger partial charge in [0.1, 0.15) is 6.10 Å². The van der Waals surface area contributed by atoms with Crippen molar-refractivity contribution in [3.63, 3.8) is 0 Å². The van der Waals surface area contributed by atoms with Crippen molar-refractivity contribution in [3.05, 3.63) is 33.7 Å². The van der Waals surface area contributed by atoms with Gasteiger partial charge >= 0.3 is 6.18 Å². The molecule has 17 heavy (non-hydrogen) atoms. The molecule has 3 N–H and O–H groups in total. The van der Waals surface area contributed by atoms with Crippen LogP contribution in [0.5, 0.6) is 0 Å². The number of aromatic nitrogens is 1. The Balaban J connectivity index is 3.20. The lowest BCUT2D eigenvalue weighted by Gasteiger charge is -2.16. The predicted molar refractivity (Wildman–Crippen MR) is 56.9 cm³/mol. The molecule has 0 radical (unpaired) electrons. The van der Waals surface area contributed by atoms with Gasteiger partial charge in [-0.15, -0.1) is 0 Å². The van der Waals surface area contributed by atoms with Gasteiger partial charge in [0.2, 0.25) is 0 Å². The maximum absolute atomic E-state index is 12.4. The Morgan fingerprint density at radius 3 is 2.47 bits per heavy atom. The van der Waals surface area contributed by atoms with Crippen LogP contribution in [0.25, 0.3) is 0 Å². The first kappa shape index (κ1) is 14.1. The molecule has 0 aromatic carbocycles. The number of rotatable bonds is 3. The van der Waals surface area contributed by atoms with Crippen molar-refractivity contribution in [1.82, 2.24) is 4.98 Å². The third-order valence-corrected chi connectivity index (χ3v) is 2.50. The second-order valence-electron chi connectivity index (χ2n) is 3.37. The number of hydrogen-bond donors (Lipinski definition) is 4. The zero-order valence-electron chi connectivity index (χ0n) is 8.40. The Morgan fingerprint density at radius 1 is 1.41 bits per heavy atom. The first-order valence-corrected chi connectivity index (χ1v) is 5.17. The Bertz CT molecular complexity index is 446. The second kappa shape index (κ2) is 5.11. The van der Waals surface area contributed by atoms with Crippen molar-refractivity contribution in [1.29, 1.82) is 0 Å². The molecule has 0 amide bonds. The highest BCUT2D eigenvalue weighted by molar-refractivity contribution is 7.80. The first-order valence-electron chi connectivity index (χ1n) is 4.54. The SMILES string of the molecule is O=c1[nH]cc(C(F)(F)F)cc1C(O)C(O)CS. The van der Waals surface area contributed by atoms with Gasteiger partial charge in [-0.2, -0.15) is 25.8 Å². The van der Waals surface area contributed by atoms with Crippen molar-refractivity contribution < 1.29 is 23.4 Å². The van der Waals surface area contributed by atoms with Gasteiger partial charge in [-0.05, 0) is 6.07 Å². The molecule has 1 aromatic rings. The lowest BCUT2D eigenvalue weighted by Crippen LogP contribution is -2.27. The molecule has 2 atom stereocenters. The number of aromatic amines is 1. The van der Waals surface area contributed by atoms with Gasteiger partial charge in [0, 0.05) is 17.5 Å². The van der Waals surface area contributed by atoms with Crippen molar-refractivity contribution in [2.45, 2.75) is 18.4 Å². The molecule has 0 aliphatic heterocycles. The Kier molecular flexibility index (Phi) is 4.23. The molecular weight excluding hydrogens is 259 g/mol. The highest BCUT2D eigenvalue weighted by atomic mass is 32.1. The van der Waals surface area contributed by atoms with Crippen molar-refractivity contribution in [3.8, 4) is 0 Å². The van der Waals surface area contributed by atoms with E-state index in [9.17, 15) is 28.2 Å². The zero-order chi connectivity index (χ0) is 13.2. The van der Waals surface area contributed by atoms with E-state index in [2.05, 4.69) is 12.6 Å². The molecule has 0 saturated carbocycles. The summed E-state index contributed by atoms with van der Waals surface area (Å²) in [4.78, 5) is 13.1. The van der Waals surface area contributed by atoms with Gasteiger partial charge in [-0.25, -0.2) is 0 Å². The van der Waals surface area contributed by atoms with Crippen molar-refractivity contribution in [2.75, 3.05) is 5.75 Å². The van der Waals surface area contributed by atoms with Crippen LogP contribution in [0.15, 0.2) is 17.1 Å². The standard InChI is InChI=1S/C9H10F3NO3S/c10-9(11,12)4-1-5(8(16)13-2-4)7(15)6(14)3-17/h1-2,6-7,14-15,17H,3H2,(H,13,16). The lowest BCUT2D eigenvalue weighted by molar-refractivity contribution is -0.138. The van der Waals surface area contributed by atoms with Crippen LogP contribution in [0, 0.1) is 0 Å². The van der Waals surface area contributed by atoms with E-state index >= 15 is 0 Å². The molecule has 0 aliphatic rings. The summed E-state index contributed by atoms with van der Waals surface area (Å²) in [5.41, 5.74) is -2.52. The van der Waals surface area contributed by atoms with E-state index in [0.717, 1.165) is 0 Å². The fraction of sp³-hybridized carbons (Fsp3) is 0.444. The summed E-state index contributed by atoms with van der Waals surface area (Å²) >= 11 is 3.68. The average Bonchev–Trinajstić information content (AvgIpc) is 2.26. The minimum atomic E-state index is -4.63. The fourth-order valence-electron chi connectivity index (χ4n) is 1.19. The van der Waals surface area contributed by atoms with Crippen molar-refractivity contribution in [2.24, 2.45) is 0 Å². The van der Waals surface area contributed by atoms with Crippen LogP contribution in [0.2, 0.25) is 0 Å². The lowest BCUT2D eigenvalue weighted by atomic mass is 10.1. The Morgan fingerprint density at radius 2 is 2.00 bits per heavy atom. The van der Waals surface area contributed by atoms with E-state index in [-0.39, 0.29) is 5.75 Å². The van der Waals surface area contributed by atoms with Crippen LogP contribution in [0.1, 0.15) is 17.2 Å². The number of alkyl halides is 3. The van der Waals surface area contributed by atoms with Crippen LogP contribution in [-0.4, -0.2) is 27.1 Å². The van der Waals surface area contributed by atoms with E-state index in [0.29, 0.717) is 12.3 Å². The summed E-state index contributed by atoms with van der Waals surface area (Å²) in [6.07, 6.45) is -7.25. The Labute approximate surface area is 99.5 Å². The number of H-pyrrole nitrogens is 1. The third-order valence-electron chi connectivity index (χ3n) is 2.13. The van der Waals surface area contributed by atoms with E-state index in [1.165, 1.54) is 0 Å². The molecule has 2 unspecified atom stereocenters.